The minimum Gasteiger partial charge on any atom is -0.365 e. The van der Waals surface area contributed by atoms with Gasteiger partial charge in [0.15, 0.2) is 0 Å². The number of aromatic nitrogens is 1. The number of pyridine rings is 1. The summed E-state index contributed by atoms with van der Waals surface area (Å²) in [5, 5.41) is 7.18. The molecule has 8 nitrogen and oxygen atoms in total. The largest absolute Gasteiger partial charge is 0.365 e. The fraction of sp³-hybridized carbons (Fsp3) is 0.400. The van der Waals surface area contributed by atoms with Gasteiger partial charge in [-0.25, -0.2) is 4.98 Å². The summed E-state index contributed by atoms with van der Waals surface area (Å²) in [5.74, 6) is -0.959. The van der Waals surface area contributed by atoms with Crippen molar-refractivity contribution in [3.05, 3.63) is 85.3 Å². The van der Waals surface area contributed by atoms with E-state index in [0.29, 0.717) is 29.2 Å². The number of hydrogen-bond donors (Lipinski definition) is 2. The summed E-state index contributed by atoms with van der Waals surface area (Å²) >= 11 is 14.1. The summed E-state index contributed by atoms with van der Waals surface area (Å²) in [5.41, 5.74) is 8.81. The monoisotopic (exact) mass is 615 g/mol. The highest BCUT2D eigenvalue weighted by Gasteiger charge is 2.30. The third-order valence-corrected chi connectivity index (χ3v) is 9.11. The van der Waals surface area contributed by atoms with E-state index in [4.69, 9.17) is 28.9 Å². The van der Waals surface area contributed by atoms with E-state index >= 15 is 0 Å². The van der Waals surface area contributed by atoms with E-state index in [1.165, 1.54) is 0 Å². The highest BCUT2D eigenvalue weighted by atomic mass is 35.5. The first kappa shape index (κ1) is 31.0. The van der Waals surface area contributed by atoms with E-state index in [-0.39, 0.29) is 41.2 Å². The van der Waals surface area contributed by atoms with Crippen LogP contribution in [0.4, 0.5) is 0 Å². The fourth-order valence-electron chi connectivity index (χ4n) is 5.37. The van der Waals surface area contributed by atoms with Gasteiger partial charge in [0.25, 0.3) is 11.8 Å². The van der Waals surface area contributed by atoms with Crippen LogP contribution in [0.25, 0.3) is 0 Å². The average Bonchev–Trinajstić information content (AvgIpc) is 3.48. The smallest absolute Gasteiger partial charge is 0.252 e. The minimum atomic E-state index is -0.616. The molecule has 1 atom stereocenters. The Morgan fingerprint density at radius 1 is 1.15 bits per heavy atom. The molecule has 0 radical (unpaired) electrons. The third-order valence-electron chi connectivity index (χ3n) is 7.79. The molecule has 1 aromatic carbocycles. The van der Waals surface area contributed by atoms with E-state index < -0.39 is 5.91 Å². The van der Waals surface area contributed by atoms with Crippen LogP contribution >= 0.6 is 34.5 Å². The van der Waals surface area contributed by atoms with Gasteiger partial charge in [-0.2, -0.15) is 11.3 Å². The molecule has 1 fully saturated rings. The Labute approximate surface area is 254 Å². The van der Waals surface area contributed by atoms with Crippen molar-refractivity contribution in [2.24, 2.45) is 5.73 Å². The van der Waals surface area contributed by atoms with Crippen molar-refractivity contribution in [3.8, 4) is 0 Å². The first-order valence-corrected chi connectivity index (χ1v) is 15.4. The quantitative estimate of drug-likeness (QED) is 0.292. The molecule has 0 spiro atoms. The number of amides is 3. The van der Waals surface area contributed by atoms with Gasteiger partial charge in [0.1, 0.15) is 10.3 Å². The zero-order chi connectivity index (χ0) is 29.5. The lowest BCUT2D eigenvalue weighted by molar-refractivity contribution is -0.134. The number of nitrogens with one attached hydrogen (secondary N) is 1. The molecule has 3 heterocycles. The predicted octanol–water partition coefficient (Wildman–Crippen LogP) is 5.10. The van der Waals surface area contributed by atoms with Gasteiger partial charge in [-0.15, -0.1) is 0 Å². The summed E-state index contributed by atoms with van der Waals surface area (Å²) in [6.07, 6.45) is 3.12. The molecule has 0 saturated carbocycles. The van der Waals surface area contributed by atoms with Crippen LogP contribution < -0.4 is 11.1 Å². The number of carbonyl (C=O) groups excluding carboxylic acids is 3. The number of nitrogens with two attached hydrogens (primary N) is 1. The number of halogens is 2. The molecule has 3 amide bonds. The number of thiophene rings is 1. The SMILES string of the molecule is Cc1c(CC[C@@H](C)N2CCC(N(Cc3ccsc3)C(=O)CNC(=O)c3ccccc3)CC2)c(Cl)nc(Cl)c1C(N)=O. The minimum absolute atomic E-state index is 0.0278. The van der Waals surface area contributed by atoms with Gasteiger partial charge < -0.3 is 20.9 Å². The second kappa shape index (κ2) is 14.3. The maximum absolute atomic E-state index is 13.4. The predicted molar refractivity (Wildman–Crippen MR) is 164 cm³/mol. The molecule has 11 heteroatoms. The molecule has 2 aromatic heterocycles. The zero-order valence-corrected chi connectivity index (χ0v) is 25.6. The lowest BCUT2D eigenvalue weighted by atomic mass is 9.97. The Morgan fingerprint density at radius 2 is 1.85 bits per heavy atom. The van der Waals surface area contributed by atoms with E-state index in [2.05, 4.69) is 27.5 Å². The Bertz CT molecular complexity index is 1360. The normalized spacial score (nSPS) is 14.9. The van der Waals surface area contributed by atoms with E-state index in [0.717, 1.165) is 43.5 Å². The second-order valence-electron chi connectivity index (χ2n) is 10.4. The van der Waals surface area contributed by atoms with Gasteiger partial charge in [-0.3, -0.25) is 14.4 Å². The van der Waals surface area contributed by atoms with Gasteiger partial charge >= 0.3 is 0 Å². The number of piperidine rings is 1. The molecule has 41 heavy (non-hydrogen) atoms. The molecular formula is C30H35Cl2N5O3S. The van der Waals surface area contributed by atoms with Crippen LogP contribution in [0.1, 0.15) is 63.6 Å². The number of rotatable bonds is 11. The van der Waals surface area contributed by atoms with E-state index in [9.17, 15) is 14.4 Å². The van der Waals surface area contributed by atoms with Gasteiger partial charge in [-0.05, 0) is 85.2 Å². The lowest BCUT2D eigenvalue weighted by Crippen LogP contribution is -2.51. The second-order valence-corrected chi connectivity index (χ2v) is 11.9. The van der Waals surface area contributed by atoms with Crippen LogP contribution in [0, 0.1) is 6.92 Å². The van der Waals surface area contributed by atoms with Crippen LogP contribution in [0.3, 0.4) is 0 Å². The average molecular weight is 617 g/mol. The summed E-state index contributed by atoms with van der Waals surface area (Å²) in [4.78, 5) is 46.2. The fourth-order valence-corrected chi connectivity index (χ4v) is 6.71. The standard InChI is InChI=1S/C30H35Cl2N5O3S/c1-19(8-9-24-20(2)26(29(33)39)28(32)35-27(24)31)36-13-10-23(11-14-36)37(17-21-12-15-41-18-21)25(38)16-34-30(40)22-6-4-3-5-7-22/h3-7,12,15,18-19,23H,8-11,13-14,16-17H2,1-2H3,(H2,33,39)(H,34,40)/t19-/m1/s1. The number of carbonyl (C=O) groups is 3. The van der Waals surface area contributed by atoms with Crippen molar-refractivity contribution >= 4 is 52.3 Å². The molecule has 1 saturated heterocycles. The molecule has 1 aliphatic heterocycles. The van der Waals surface area contributed by atoms with E-state index in [1.54, 1.807) is 42.5 Å². The van der Waals surface area contributed by atoms with Crippen molar-refractivity contribution in [1.82, 2.24) is 20.1 Å². The molecule has 4 rings (SSSR count). The van der Waals surface area contributed by atoms with Crippen molar-refractivity contribution in [1.29, 1.82) is 0 Å². The number of hydrogen-bond acceptors (Lipinski definition) is 6. The first-order chi connectivity index (χ1) is 19.7. The number of primary amides is 1. The van der Waals surface area contributed by atoms with Gasteiger partial charge in [0, 0.05) is 37.3 Å². The zero-order valence-electron chi connectivity index (χ0n) is 23.2. The summed E-state index contributed by atoms with van der Waals surface area (Å²) in [7, 11) is 0. The van der Waals surface area contributed by atoms with E-state index in [1.807, 2.05) is 22.4 Å². The van der Waals surface area contributed by atoms with Crippen molar-refractivity contribution < 1.29 is 14.4 Å². The highest BCUT2D eigenvalue weighted by Crippen LogP contribution is 2.29. The van der Waals surface area contributed by atoms with Crippen LogP contribution in [0.15, 0.2) is 47.2 Å². The van der Waals surface area contributed by atoms with Crippen LogP contribution in [-0.4, -0.2) is 64.2 Å². The highest BCUT2D eigenvalue weighted by molar-refractivity contribution is 7.07. The van der Waals surface area contributed by atoms with Crippen molar-refractivity contribution in [2.75, 3.05) is 19.6 Å². The lowest BCUT2D eigenvalue weighted by Gasteiger charge is -2.41. The molecule has 3 N–H and O–H groups in total. The van der Waals surface area contributed by atoms with Gasteiger partial charge in [0.2, 0.25) is 5.91 Å². The maximum atomic E-state index is 13.4. The van der Waals surface area contributed by atoms with Crippen LogP contribution in [0.2, 0.25) is 10.3 Å². The van der Waals surface area contributed by atoms with Crippen molar-refractivity contribution in [2.45, 2.75) is 58.2 Å². The van der Waals surface area contributed by atoms with Crippen LogP contribution in [0.5, 0.6) is 0 Å². The molecule has 0 unspecified atom stereocenters. The molecule has 218 valence electrons. The third kappa shape index (κ3) is 7.86. The molecule has 0 aliphatic carbocycles. The molecule has 3 aromatic rings. The molecular weight excluding hydrogens is 581 g/mol. The Morgan fingerprint density at radius 3 is 2.49 bits per heavy atom. The summed E-state index contributed by atoms with van der Waals surface area (Å²) in [6, 6.07) is 11.3. The molecule has 1 aliphatic rings. The van der Waals surface area contributed by atoms with Crippen molar-refractivity contribution in [3.63, 3.8) is 0 Å². The van der Waals surface area contributed by atoms with Gasteiger partial charge in [0.05, 0.1) is 12.1 Å². The maximum Gasteiger partial charge on any atom is 0.252 e. The Balaban J connectivity index is 1.35. The number of likely N-dealkylation sites (tertiary alicyclic amines) is 1. The van der Waals surface area contributed by atoms with Crippen LogP contribution in [-0.2, 0) is 17.8 Å². The number of benzene rings is 1. The van der Waals surface area contributed by atoms with Gasteiger partial charge in [-0.1, -0.05) is 41.4 Å². The summed E-state index contributed by atoms with van der Waals surface area (Å²) < 4.78 is 0. The Hall–Kier alpha value is -2.98. The topological polar surface area (TPSA) is 109 Å². The summed E-state index contributed by atoms with van der Waals surface area (Å²) in [6.45, 7) is 6.13. The number of nitrogens with zero attached hydrogens (tertiary/aromatic N) is 3. The Kier molecular flexibility index (Phi) is 10.8. The molecule has 0 bridgehead atoms. The first-order valence-electron chi connectivity index (χ1n) is 13.7.